The normalized spacial score (nSPS) is 10.4. The second-order valence-electron chi connectivity index (χ2n) is 5.65. The number of anilines is 1. The van der Waals surface area contributed by atoms with Crippen molar-refractivity contribution >= 4 is 23.2 Å². The third-order valence-corrected chi connectivity index (χ3v) is 4.04. The molecular weight excluding hydrogens is 370 g/mol. The van der Waals surface area contributed by atoms with Crippen molar-refractivity contribution in [3.8, 4) is 22.8 Å². The smallest absolute Gasteiger partial charge is 0.254 e. The molecule has 0 spiro atoms. The minimum atomic E-state index is -0.499. The predicted octanol–water partition coefficient (Wildman–Crippen LogP) is 2.92. The maximum absolute atomic E-state index is 12.4. The summed E-state index contributed by atoms with van der Waals surface area (Å²) in [5.74, 6) is -0.0254. The van der Waals surface area contributed by atoms with Gasteiger partial charge in [-0.25, -0.2) is 4.98 Å². The van der Waals surface area contributed by atoms with Gasteiger partial charge in [-0.2, -0.15) is 0 Å². The lowest BCUT2D eigenvalue weighted by Gasteiger charge is -2.10. The fourth-order valence-electron chi connectivity index (χ4n) is 2.50. The number of phenolic OH excluding ortho intramolecular Hbond substituents is 1. The molecule has 1 aromatic heterocycles. The Hall–Kier alpha value is -3.32. The van der Waals surface area contributed by atoms with Gasteiger partial charge in [0.15, 0.2) is 0 Å². The molecule has 138 valence electrons. The van der Waals surface area contributed by atoms with E-state index in [2.05, 4.69) is 10.3 Å². The molecule has 3 rings (SSSR count). The Morgan fingerprint density at radius 2 is 2.04 bits per heavy atom. The third-order valence-electron chi connectivity index (χ3n) is 3.81. The lowest BCUT2D eigenvalue weighted by atomic mass is 10.1. The van der Waals surface area contributed by atoms with Gasteiger partial charge < -0.3 is 15.2 Å². The van der Waals surface area contributed by atoms with Gasteiger partial charge in [0.05, 0.1) is 24.8 Å². The van der Waals surface area contributed by atoms with Crippen LogP contribution in [-0.4, -0.2) is 27.7 Å². The molecule has 8 heteroatoms. The summed E-state index contributed by atoms with van der Waals surface area (Å²) in [7, 11) is 1.54. The number of nitrogens with zero attached hydrogens (tertiary/aromatic N) is 2. The summed E-state index contributed by atoms with van der Waals surface area (Å²) in [4.78, 5) is 28.8. The van der Waals surface area contributed by atoms with Crippen LogP contribution in [0.2, 0.25) is 5.02 Å². The van der Waals surface area contributed by atoms with Gasteiger partial charge in [-0.05, 0) is 30.3 Å². The number of halogens is 1. The first-order chi connectivity index (χ1) is 13.0. The molecule has 7 nitrogen and oxygen atoms in total. The molecule has 0 radical (unpaired) electrons. The van der Waals surface area contributed by atoms with E-state index in [4.69, 9.17) is 16.3 Å². The van der Waals surface area contributed by atoms with Crippen LogP contribution in [-0.2, 0) is 11.3 Å². The number of aromatic nitrogens is 2. The molecule has 0 bridgehead atoms. The van der Waals surface area contributed by atoms with Gasteiger partial charge in [0.1, 0.15) is 18.0 Å². The Balaban J connectivity index is 1.79. The first-order valence-corrected chi connectivity index (χ1v) is 8.34. The van der Waals surface area contributed by atoms with Crippen LogP contribution in [0.1, 0.15) is 0 Å². The molecule has 0 saturated heterocycles. The van der Waals surface area contributed by atoms with Crippen LogP contribution in [0.3, 0.4) is 0 Å². The lowest BCUT2D eigenvalue weighted by molar-refractivity contribution is -0.116. The molecule has 0 atom stereocenters. The van der Waals surface area contributed by atoms with Crippen molar-refractivity contribution < 1.29 is 14.6 Å². The number of aromatic hydroxyl groups is 1. The maximum Gasteiger partial charge on any atom is 0.254 e. The molecule has 2 aromatic carbocycles. The van der Waals surface area contributed by atoms with E-state index in [1.54, 1.807) is 12.1 Å². The van der Waals surface area contributed by atoms with Crippen molar-refractivity contribution in [2.45, 2.75) is 6.54 Å². The van der Waals surface area contributed by atoms with Gasteiger partial charge in [0, 0.05) is 16.7 Å². The topological polar surface area (TPSA) is 93.5 Å². The van der Waals surface area contributed by atoms with Crippen molar-refractivity contribution in [1.82, 2.24) is 9.55 Å². The van der Waals surface area contributed by atoms with E-state index in [1.807, 2.05) is 12.1 Å². The molecule has 1 amide bonds. The zero-order valence-corrected chi connectivity index (χ0v) is 15.1. The van der Waals surface area contributed by atoms with Crippen molar-refractivity contribution in [1.29, 1.82) is 0 Å². The summed E-state index contributed by atoms with van der Waals surface area (Å²) >= 11 is 5.85. The number of para-hydroxylation sites is 1. The highest BCUT2D eigenvalue weighted by molar-refractivity contribution is 6.31. The number of phenols is 1. The number of hydrogen-bond acceptors (Lipinski definition) is 5. The van der Waals surface area contributed by atoms with Gasteiger partial charge in [0.2, 0.25) is 5.91 Å². The predicted molar refractivity (Wildman–Crippen MR) is 102 cm³/mol. The van der Waals surface area contributed by atoms with Gasteiger partial charge in [-0.3, -0.25) is 14.2 Å². The fraction of sp³-hybridized carbons (Fsp3) is 0.105. The number of methoxy groups -OCH3 is 1. The second kappa shape index (κ2) is 7.92. The summed E-state index contributed by atoms with van der Waals surface area (Å²) < 4.78 is 6.44. The van der Waals surface area contributed by atoms with E-state index in [-0.39, 0.29) is 18.0 Å². The van der Waals surface area contributed by atoms with Gasteiger partial charge >= 0.3 is 0 Å². The highest BCUT2D eigenvalue weighted by atomic mass is 35.5. The Labute approximate surface area is 159 Å². The standard InChI is InChI=1S/C19H16ClN3O4/c1-27-17-5-3-2-4-13(17)14-9-19(26)23(11-21-14)10-18(25)22-15-8-12(20)6-7-16(15)24/h2-9,11,24H,10H2,1H3,(H,22,25). The molecule has 3 aromatic rings. The number of ether oxygens (including phenoxy) is 1. The van der Waals surface area contributed by atoms with Crippen molar-refractivity contribution in [2.75, 3.05) is 12.4 Å². The molecule has 0 aliphatic carbocycles. The molecular formula is C19H16ClN3O4. The Bertz CT molecular complexity index is 1050. The van der Waals surface area contributed by atoms with Crippen LogP contribution in [0.25, 0.3) is 11.3 Å². The summed E-state index contributed by atoms with van der Waals surface area (Å²) in [5.41, 5.74) is 0.898. The minimum absolute atomic E-state index is 0.121. The second-order valence-corrected chi connectivity index (χ2v) is 6.09. The molecule has 0 aliphatic rings. The Morgan fingerprint density at radius 1 is 1.26 bits per heavy atom. The first kappa shape index (κ1) is 18.5. The average Bonchev–Trinajstić information content (AvgIpc) is 2.66. The SMILES string of the molecule is COc1ccccc1-c1cc(=O)n(CC(=O)Nc2cc(Cl)ccc2O)cn1. The van der Waals surface area contributed by atoms with E-state index >= 15 is 0 Å². The number of carbonyl (C=O) groups is 1. The van der Waals surface area contributed by atoms with E-state index in [0.29, 0.717) is 22.0 Å². The summed E-state index contributed by atoms with van der Waals surface area (Å²) in [6.45, 7) is -0.260. The number of amides is 1. The van der Waals surface area contributed by atoms with E-state index in [1.165, 1.54) is 37.7 Å². The third kappa shape index (κ3) is 4.27. The van der Waals surface area contributed by atoms with Crippen LogP contribution >= 0.6 is 11.6 Å². The van der Waals surface area contributed by atoms with Crippen LogP contribution in [0.4, 0.5) is 5.69 Å². The quantitative estimate of drug-likeness (QED) is 0.659. The zero-order chi connectivity index (χ0) is 19.4. The average molecular weight is 386 g/mol. The molecule has 1 heterocycles. The van der Waals surface area contributed by atoms with Gasteiger partial charge in [-0.15, -0.1) is 0 Å². The first-order valence-electron chi connectivity index (χ1n) is 7.96. The fourth-order valence-corrected chi connectivity index (χ4v) is 2.67. The monoisotopic (exact) mass is 385 g/mol. The molecule has 0 saturated carbocycles. The lowest BCUT2D eigenvalue weighted by Crippen LogP contribution is -2.27. The number of hydrogen-bond donors (Lipinski definition) is 2. The molecule has 27 heavy (non-hydrogen) atoms. The van der Waals surface area contributed by atoms with Crippen LogP contribution in [0, 0.1) is 0 Å². The van der Waals surface area contributed by atoms with Crippen LogP contribution in [0.5, 0.6) is 11.5 Å². The van der Waals surface area contributed by atoms with E-state index < -0.39 is 11.5 Å². The molecule has 0 fully saturated rings. The van der Waals surface area contributed by atoms with E-state index in [0.717, 1.165) is 4.57 Å². The Kier molecular flexibility index (Phi) is 5.42. The van der Waals surface area contributed by atoms with Crippen molar-refractivity contribution in [3.05, 3.63) is 70.2 Å². The summed E-state index contributed by atoms with van der Waals surface area (Å²) in [6.07, 6.45) is 1.29. The van der Waals surface area contributed by atoms with Crippen LogP contribution in [0.15, 0.2) is 59.7 Å². The van der Waals surface area contributed by atoms with Gasteiger partial charge in [-0.1, -0.05) is 23.7 Å². The largest absolute Gasteiger partial charge is 0.506 e. The van der Waals surface area contributed by atoms with Crippen molar-refractivity contribution in [2.24, 2.45) is 0 Å². The molecule has 0 unspecified atom stereocenters. The number of nitrogens with one attached hydrogen (secondary N) is 1. The summed E-state index contributed by atoms with van der Waals surface area (Å²) in [5, 5.41) is 12.6. The highest BCUT2D eigenvalue weighted by Crippen LogP contribution is 2.27. The van der Waals surface area contributed by atoms with Crippen molar-refractivity contribution in [3.63, 3.8) is 0 Å². The number of benzene rings is 2. The minimum Gasteiger partial charge on any atom is -0.506 e. The molecule has 2 N–H and O–H groups in total. The zero-order valence-electron chi connectivity index (χ0n) is 14.3. The Morgan fingerprint density at radius 3 is 2.78 bits per heavy atom. The maximum atomic E-state index is 12.4. The number of carbonyl (C=O) groups excluding carboxylic acids is 1. The summed E-state index contributed by atoms with van der Waals surface area (Å²) in [6, 6.07) is 12.8. The number of rotatable bonds is 5. The molecule has 0 aliphatic heterocycles. The highest BCUT2D eigenvalue weighted by Gasteiger charge is 2.11. The van der Waals surface area contributed by atoms with Gasteiger partial charge in [0.25, 0.3) is 5.56 Å². The van der Waals surface area contributed by atoms with Crippen LogP contribution < -0.4 is 15.6 Å². The van der Waals surface area contributed by atoms with E-state index in [9.17, 15) is 14.7 Å².